The average Bonchev–Trinajstić information content (AvgIpc) is 2.69. The van der Waals surface area contributed by atoms with Gasteiger partial charge in [0, 0.05) is 18.2 Å². The number of aliphatic hydroxyl groups excluding tert-OH is 1. The van der Waals surface area contributed by atoms with E-state index in [4.69, 9.17) is 9.47 Å². The Morgan fingerprint density at radius 3 is 2.46 bits per heavy atom. The molecule has 0 saturated heterocycles. The van der Waals surface area contributed by atoms with Gasteiger partial charge in [-0.3, -0.25) is 9.59 Å². The Morgan fingerprint density at radius 2 is 1.82 bits per heavy atom. The second-order valence-electron chi connectivity index (χ2n) is 5.73. The van der Waals surface area contributed by atoms with Gasteiger partial charge in [-0.2, -0.15) is 0 Å². The third-order valence-corrected chi connectivity index (χ3v) is 3.87. The van der Waals surface area contributed by atoms with E-state index in [1.54, 1.807) is 18.2 Å². The van der Waals surface area contributed by atoms with Crippen LogP contribution in [0.3, 0.4) is 0 Å². The van der Waals surface area contributed by atoms with Gasteiger partial charge in [0.05, 0.1) is 32.4 Å². The molecule has 2 aromatic carbocycles. The van der Waals surface area contributed by atoms with Crippen molar-refractivity contribution in [2.75, 3.05) is 27.3 Å². The maximum absolute atomic E-state index is 13.5. The van der Waals surface area contributed by atoms with Gasteiger partial charge in [0.25, 0.3) is 5.91 Å². The molecule has 0 aliphatic heterocycles. The molecule has 0 bridgehead atoms. The second kappa shape index (κ2) is 9.65. The number of carbonyl (C=O) groups is 2. The molecule has 2 amide bonds. The third-order valence-electron chi connectivity index (χ3n) is 3.87. The molecule has 0 fully saturated rings. The molecule has 1 unspecified atom stereocenters. The molecule has 0 saturated carbocycles. The van der Waals surface area contributed by atoms with Gasteiger partial charge in [0.1, 0.15) is 23.1 Å². The molecule has 0 radical (unpaired) electrons. The average molecular weight is 394 g/mol. The summed E-state index contributed by atoms with van der Waals surface area (Å²) in [7, 11) is 2.92. The van der Waals surface area contributed by atoms with Crippen LogP contribution in [-0.4, -0.2) is 44.2 Å². The van der Waals surface area contributed by atoms with Gasteiger partial charge in [-0.15, -0.1) is 0 Å². The van der Waals surface area contributed by atoms with Gasteiger partial charge >= 0.3 is 0 Å². The van der Waals surface area contributed by atoms with E-state index in [1.807, 2.05) is 0 Å². The fourth-order valence-corrected chi connectivity index (χ4v) is 2.41. The summed E-state index contributed by atoms with van der Waals surface area (Å²) in [6.07, 6.45) is -1.08. The molecule has 150 valence electrons. The topological polar surface area (TPSA) is 96.9 Å². The Morgan fingerprint density at radius 1 is 1.07 bits per heavy atom. The van der Waals surface area contributed by atoms with E-state index in [-0.39, 0.29) is 12.1 Å². The van der Waals surface area contributed by atoms with Gasteiger partial charge in [-0.05, 0) is 30.3 Å². The van der Waals surface area contributed by atoms with Crippen molar-refractivity contribution in [3.05, 3.63) is 59.2 Å². The maximum atomic E-state index is 13.5. The molecule has 2 aromatic rings. The van der Waals surface area contributed by atoms with Crippen LogP contribution in [0.5, 0.6) is 11.5 Å². The number of aliphatic hydroxyl groups is 1. The number of rotatable bonds is 8. The number of hydrogen-bond acceptors (Lipinski definition) is 5. The number of halogens is 2. The Kier molecular flexibility index (Phi) is 7.28. The molecule has 0 spiro atoms. The number of methoxy groups -OCH3 is 2. The minimum atomic E-state index is -1.08. The second-order valence-corrected chi connectivity index (χ2v) is 5.73. The molecule has 3 N–H and O–H groups in total. The molecule has 28 heavy (non-hydrogen) atoms. The predicted octanol–water partition coefficient (Wildman–Crippen LogP) is 1.56. The Labute approximate surface area is 160 Å². The summed E-state index contributed by atoms with van der Waals surface area (Å²) < 4.78 is 36.7. The summed E-state index contributed by atoms with van der Waals surface area (Å²) in [5.41, 5.74) is 0.0370. The first-order valence-corrected chi connectivity index (χ1v) is 8.25. The standard InChI is InChI=1S/C19H20F2N2O5/c1-27-12-4-6-17(28-2)14(8-12)16(24)9-22-18(25)10-23-19(26)13-5-3-11(20)7-15(13)21/h3-8,16,24H,9-10H2,1-2H3,(H,22,25)(H,23,26). The first kappa shape index (κ1) is 21.1. The smallest absolute Gasteiger partial charge is 0.254 e. The van der Waals surface area contributed by atoms with E-state index in [0.29, 0.717) is 23.1 Å². The van der Waals surface area contributed by atoms with Gasteiger partial charge in [-0.25, -0.2) is 8.78 Å². The lowest BCUT2D eigenvalue weighted by atomic mass is 10.1. The van der Waals surface area contributed by atoms with Crippen LogP contribution in [0.4, 0.5) is 8.78 Å². The van der Waals surface area contributed by atoms with Crippen LogP contribution < -0.4 is 20.1 Å². The third kappa shape index (κ3) is 5.40. The van der Waals surface area contributed by atoms with Crippen LogP contribution in [0, 0.1) is 11.6 Å². The predicted molar refractivity (Wildman–Crippen MR) is 96.2 cm³/mol. The first-order valence-electron chi connectivity index (χ1n) is 8.25. The highest BCUT2D eigenvalue weighted by molar-refractivity contribution is 5.96. The van der Waals surface area contributed by atoms with Gasteiger partial charge < -0.3 is 25.2 Å². The fraction of sp³-hybridized carbons (Fsp3) is 0.263. The molecule has 1 atom stereocenters. The van der Waals surface area contributed by atoms with E-state index in [2.05, 4.69) is 10.6 Å². The van der Waals surface area contributed by atoms with Crippen LogP contribution in [0.25, 0.3) is 0 Å². The summed E-state index contributed by atoms with van der Waals surface area (Å²) in [5.74, 6) is -2.37. The molecule has 9 heteroatoms. The lowest BCUT2D eigenvalue weighted by molar-refractivity contribution is -0.120. The zero-order valence-electron chi connectivity index (χ0n) is 15.3. The summed E-state index contributed by atoms with van der Waals surface area (Å²) >= 11 is 0. The van der Waals surface area contributed by atoms with Crippen LogP contribution in [0.1, 0.15) is 22.0 Å². The van der Waals surface area contributed by atoms with Crippen LogP contribution >= 0.6 is 0 Å². The highest BCUT2D eigenvalue weighted by atomic mass is 19.1. The van der Waals surface area contributed by atoms with Crippen molar-refractivity contribution in [1.82, 2.24) is 10.6 Å². The SMILES string of the molecule is COc1ccc(OC)c(C(O)CNC(=O)CNC(=O)c2ccc(F)cc2F)c1. The van der Waals surface area contributed by atoms with E-state index in [0.717, 1.165) is 12.1 Å². The molecule has 0 aromatic heterocycles. The van der Waals surface area contributed by atoms with Crippen molar-refractivity contribution in [3.63, 3.8) is 0 Å². The Hall–Kier alpha value is -3.20. The normalized spacial score (nSPS) is 11.5. The minimum Gasteiger partial charge on any atom is -0.497 e. The molecular formula is C19H20F2N2O5. The van der Waals surface area contributed by atoms with Crippen molar-refractivity contribution in [2.45, 2.75) is 6.10 Å². The van der Waals surface area contributed by atoms with E-state index >= 15 is 0 Å². The number of carbonyl (C=O) groups excluding carboxylic acids is 2. The highest BCUT2D eigenvalue weighted by Crippen LogP contribution is 2.29. The fourth-order valence-electron chi connectivity index (χ4n) is 2.41. The summed E-state index contributed by atoms with van der Waals surface area (Å²) in [6, 6.07) is 7.36. The largest absolute Gasteiger partial charge is 0.497 e. The number of ether oxygens (including phenoxy) is 2. The van der Waals surface area contributed by atoms with Crippen molar-refractivity contribution >= 4 is 11.8 Å². The van der Waals surface area contributed by atoms with Crippen molar-refractivity contribution in [2.24, 2.45) is 0 Å². The van der Waals surface area contributed by atoms with Gasteiger partial charge in [-0.1, -0.05) is 0 Å². The summed E-state index contributed by atoms with van der Waals surface area (Å²) in [4.78, 5) is 23.7. The molecule has 0 aliphatic carbocycles. The lowest BCUT2D eigenvalue weighted by Gasteiger charge is -2.16. The van der Waals surface area contributed by atoms with E-state index < -0.39 is 36.1 Å². The van der Waals surface area contributed by atoms with Gasteiger partial charge in [0.15, 0.2) is 0 Å². The Bertz CT molecular complexity index is 860. The van der Waals surface area contributed by atoms with Crippen LogP contribution in [-0.2, 0) is 4.79 Å². The van der Waals surface area contributed by atoms with Gasteiger partial charge in [0.2, 0.25) is 5.91 Å². The number of amides is 2. The zero-order chi connectivity index (χ0) is 20.7. The maximum Gasteiger partial charge on any atom is 0.254 e. The van der Waals surface area contributed by atoms with Crippen molar-refractivity contribution in [1.29, 1.82) is 0 Å². The van der Waals surface area contributed by atoms with E-state index in [1.165, 1.54) is 14.2 Å². The number of nitrogens with one attached hydrogen (secondary N) is 2. The quantitative estimate of drug-likeness (QED) is 0.632. The minimum absolute atomic E-state index is 0.150. The van der Waals surface area contributed by atoms with Crippen LogP contribution in [0.2, 0.25) is 0 Å². The number of hydrogen-bond donors (Lipinski definition) is 3. The first-order chi connectivity index (χ1) is 13.3. The lowest BCUT2D eigenvalue weighted by Crippen LogP contribution is -2.38. The molecule has 2 rings (SSSR count). The highest BCUT2D eigenvalue weighted by Gasteiger charge is 2.17. The molecule has 0 aliphatic rings. The molecular weight excluding hydrogens is 374 g/mol. The molecule has 7 nitrogen and oxygen atoms in total. The monoisotopic (exact) mass is 394 g/mol. The number of benzene rings is 2. The van der Waals surface area contributed by atoms with E-state index in [9.17, 15) is 23.5 Å². The summed E-state index contributed by atoms with van der Waals surface area (Å²) in [5, 5.41) is 15.0. The Balaban J connectivity index is 1.89. The molecule has 0 heterocycles. The summed E-state index contributed by atoms with van der Waals surface area (Å²) in [6.45, 7) is -0.596. The zero-order valence-corrected chi connectivity index (χ0v) is 15.3. The van der Waals surface area contributed by atoms with Crippen molar-refractivity contribution < 1.29 is 33.0 Å². The van der Waals surface area contributed by atoms with Crippen molar-refractivity contribution in [3.8, 4) is 11.5 Å². The van der Waals surface area contributed by atoms with Crippen LogP contribution in [0.15, 0.2) is 36.4 Å².